The van der Waals surface area contributed by atoms with E-state index in [1.165, 1.54) is 0 Å². The quantitative estimate of drug-likeness (QED) is 0.870. The fourth-order valence-corrected chi connectivity index (χ4v) is 2.06. The molecule has 5 heteroatoms. The van der Waals surface area contributed by atoms with Gasteiger partial charge in [0.1, 0.15) is 0 Å². The summed E-state index contributed by atoms with van der Waals surface area (Å²) in [7, 11) is 3.35. The van der Waals surface area contributed by atoms with Crippen LogP contribution in [0.4, 0.5) is 0 Å². The second-order valence-electron chi connectivity index (χ2n) is 4.18. The predicted octanol–water partition coefficient (Wildman–Crippen LogP) is 1.77. The van der Waals surface area contributed by atoms with Gasteiger partial charge in [-0.2, -0.15) is 0 Å². The Morgan fingerprint density at radius 3 is 2.83 bits per heavy atom. The number of amides is 1. The first kappa shape index (κ1) is 15.1. The summed E-state index contributed by atoms with van der Waals surface area (Å²) in [5.74, 6) is 0.0345. The van der Waals surface area contributed by atoms with Crippen LogP contribution in [0.25, 0.3) is 0 Å². The standard InChI is InChI=1S/C13H19BrN2O2/c1-16(13(17)7-12(8-15)18-2)9-10-4-3-5-11(14)6-10/h3-6,12H,7-9,15H2,1-2H3. The fourth-order valence-electron chi connectivity index (χ4n) is 1.61. The highest BCUT2D eigenvalue weighted by Crippen LogP contribution is 2.13. The van der Waals surface area contributed by atoms with Gasteiger partial charge in [-0.1, -0.05) is 28.1 Å². The van der Waals surface area contributed by atoms with E-state index in [0.29, 0.717) is 19.5 Å². The number of rotatable bonds is 6. The Bertz CT molecular complexity index is 394. The van der Waals surface area contributed by atoms with Crippen LogP contribution in [0.15, 0.2) is 28.7 Å². The second-order valence-corrected chi connectivity index (χ2v) is 5.09. The minimum Gasteiger partial charge on any atom is -0.380 e. The van der Waals surface area contributed by atoms with Crippen molar-refractivity contribution >= 4 is 21.8 Å². The van der Waals surface area contributed by atoms with E-state index >= 15 is 0 Å². The van der Waals surface area contributed by atoms with Crippen molar-refractivity contribution in [3.05, 3.63) is 34.3 Å². The number of carbonyl (C=O) groups excluding carboxylic acids is 1. The van der Waals surface area contributed by atoms with Gasteiger partial charge in [0.25, 0.3) is 0 Å². The number of halogens is 1. The molecular formula is C13H19BrN2O2. The van der Waals surface area contributed by atoms with E-state index in [9.17, 15) is 4.79 Å². The van der Waals surface area contributed by atoms with Crippen molar-refractivity contribution in [2.45, 2.75) is 19.1 Å². The number of nitrogens with two attached hydrogens (primary N) is 1. The summed E-state index contributed by atoms with van der Waals surface area (Å²) in [6.45, 7) is 0.937. The number of nitrogens with zero attached hydrogens (tertiary/aromatic N) is 1. The molecule has 1 rings (SSSR count). The Morgan fingerprint density at radius 1 is 1.56 bits per heavy atom. The number of hydrogen-bond donors (Lipinski definition) is 1. The Kier molecular flexibility index (Phi) is 6.32. The number of ether oxygens (including phenoxy) is 1. The van der Waals surface area contributed by atoms with E-state index < -0.39 is 0 Å². The Morgan fingerprint density at radius 2 is 2.28 bits per heavy atom. The fraction of sp³-hybridized carbons (Fsp3) is 0.462. The molecule has 0 aromatic heterocycles. The third kappa shape index (κ3) is 4.76. The molecule has 0 bridgehead atoms. The van der Waals surface area contributed by atoms with Gasteiger partial charge in [-0.15, -0.1) is 0 Å². The zero-order valence-electron chi connectivity index (χ0n) is 10.7. The Hall–Kier alpha value is -0.910. The van der Waals surface area contributed by atoms with Crippen LogP contribution < -0.4 is 5.73 Å². The van der Waals surface area contributed by atoms with Crippen LogP contribution in [0.3, 0.4) is 0 Å². The van der Waals surface area contributed by atoms with Crippen molar-refractivity contribution in [1.29, 1.82) is 0 Å². The number of methoxy groups -OCH3 is 1. The van der Waals surface area contributed by atoms with Crippen molar-refractivity contribution in [2.75, 3.05) is 20.7 Å². The first-order chi connectivity index (χ1) is 8.56. The van der Waals surface area contributed by atoms with Crippen LogP contribution in [-0.4, -0.2) is 37.6 Å². The molecule has 1 unspecified atom stereocenters. The van der Waals surface area contributed by atoms with Crippen molar-refractivity contribution < 1.29 is 9.53 Å². The monoisotopic (exact) mass is 314 g/mol. The molecule has 0 radical (unpaired) electrons. The van der Waals surface area contributed by atoms with Gasteiger partial charge in [0.2, 0.25) is 5.91 Å². The molecular weight excluding hydrogens is 296 g/mol. The van der Waals surface area contributed by atoms with Gasteiger partial charge in [-0.3, -0.25) is 4.79 Å². The van der Waals surface area contributed by atoms with Gasteiger partial charge in [-0.05, 0) is 17.7 Å². The van der Waals surface area contributed by atoms with E-state index in [0.717, 1.165) is 10.0 Å². The summed E-state index contributed by atoms with van der Waals surface area (Å²) in [5.41, 5.74) is 6.59. The molecule has 0 heterocycles. The molecule has 0 spiro atoms. The average molecular weight is 315 g/mol. The van der Waals surface area contributed by atoms with E-state index in [-0.39, 0.29) is 12.0 Å². The van der Waals surface area contributed by atoms with E-state index in [4.69, 9.17) is 10.5 Å². The lowest BCUT2D eigenvalue weighted by Crippen LogP contribution is -2.33. The van der Waals surface area contributed by atoms with E-state index in [2.05, 4.69) is 15.9 Å². The van der Waals surface area contributed by atoms with Crippen LogP contribution >= 0.6 is 15.9 Å². The summed E-state index contributed by atoms with van der Waals surface area (Å²) >= 11 is 3.41. The number of benzene rings is 1. The lowest BCUT2D eigenvalue weighted by atomic mass is 10.2. The maximum atomic E-state index is 11.9. The van der Waals surface area contributed by atoms with Gasteiger partial charge >= 0.3 is 0 Å². The number of carbonyl (C=O) groups is 1. The first-order valence-electron chi connectivity index (χ1n) is 5.78. The van der Waals surface area contributed by atoms with Crippen molar-refractivity contribution in [1.82, 2.24) is 4.90 Å². The summed E-state index contributed by atoms with van der Waals surface area (Å²) < 4.78 is 6.12. The molecule has 0 fully saturated rings. The minimum atomic E-state index is -0.206. The predicted molar refractivity (Wildman–Crippen MR) is 75.1 cm³/mol. The molecule has 4 nitrogen and oxygen atoms in total. The topological polar surface area (TPSA) is 55.6 Å². The van der Waals surface area contributed by atoms with Crippen LogP contribution in [0.5, 0.6) is 0 Å². The zero-order chi connectivity index (χ0) is 13.5. The maximum absolute atomic E-state index is 11.9. The van der Waals surface area contributed by atoms with Gasteiger partial charge < -0.3 is 15.4 Å². The van der Waals surface area contributed by atoms with Gasteiger partial charge in [0, 0.05) is 31.7 Å². The molecule has 1 amide bonds. The highest BCUT2D eigenvalue weighted by molar-refractivity contribution is 9.10. The van der Waals surface area contributed by atoms with Gasteiger partial charge in [0.05, 0.1) is 12.5 Å². The molecule has 1 aromatic rings. The summed E-state index contributed by atoms with van der Waals surface area (Å²) in [6, 6.07) is 7.90. The normalized spacial score (nSPS) is 12.2. The molecule has 18 heavy (non-hydrogen) atoms. The molecule has 0 saturated carbocycles. The molecule has 2 N–H and O–H groups in total. The Labute approximate surface area is 116 Å². The van der Waals surface area contributed by atoms with Gasteiger partial charge in [-0.25, -0.2) is 0 Å². The first-order valence-corrected chi connectivity index (χ1v) is 6.57. The maximum Gasteiger partial charge on any atom is 0.225 e. The van der Waals surface area contributed by atoms with E-state index in [1.807, 2.05) is 24.3 Å². The SMILES string of the molecule is COC(CN)CC(=O)N(C)Cc1cccc(Br)c1. The highest BCUT2D eigenvalue weighted by Gasteiger charge is 2.15. The molecule has 1 aromatic carbocycles. The lowest BCUT2D eigenvalue weighted by molar-refractivity contribution is -0.132. The lowest BCUT2D eigenvalue weighted by Gasteiger charge is -2.20. The molecule has 1 atom stereocenters. The Balaban J connectivity index is 2.54. The van der Waals surface area contributed by atoms with Crippen LogP contribution in [0.1, 0.15) is 12.0 Å². The van der Waals surface area contributed by atoms with Crippen molar-refractivity contribution in [2.24, 2.45) is 5.73 Å². The molecule has 100 valence electrons. The minimum absolute atomic E-state index is 0.0345. The van der Waals surface area contributed by atoms with Crippen molar-refractivity contribution in [3.8, 4) is 0 Å². The third-order valence-corrected chi connectivity index (χ3v) is 3.23. The van der Waals surface area contributed by atoms with Crippen molar-refractivity contribution in [3.63, 3.8) is 0 Å². The van der Waals surface area contributed by atoms with E-state index in [1.54, 1.807) is 19.1 Å². The number of hydrogen-bond acceptors (Lipinski definition) is 3. The van der Waals surface area contributed by atoms with Crippen LogP contribution in [0.2, 0.25) is 0 Å². The molecule has 0 aliphatic rings. The zero-order valence-corrected chi connectivity index (χ0v) is 12.3. The van der Waals surface area contributed by atoms with Crippen LogP contribution in [0, 0.1) is 0 Å². The van der Waals surface area contributed by atoms with Gasteiger partial charge in [0.15, 0.2) is 0 Å². The largest absolute Gasteiger partial charge is 0.380 e. The summed E-state index contributed by atoms with van der Waals surface area (Å²) in [6.07, 6.45) is 0.111. The third-order valence-electron chi connectivity index (χ3n) is 2.73. The summed E-state index contributed by atoms with van der Waals surface area (Å²) in [4.78, 5) is 13.6. The molecule has 0 aliphatic carbocycles. The summed E-state index contributed by atoms with van der Waals surface area (Å²) in [5, 5.41) is 0. The highest BCUT2D eigenvalue weighted by atomic mass is 79.9. The smallest absolute Gasteiger partial charge is 0.225 e. The van der Waals surface area contributed by atoms with Crippen LogP contribution in [-0.2, 0) is 16.1 Å². The molecule has 0 saturated heterocycles. The molecule has 0 aliphatic heterocycles. The average Bonchev–Trinajstić information content (AvgIpc) is 2.35. The second kappa shape index (κ2) is 7.51.